The van der Waals surface area contributed by atoms with Crippen LogP contribution in [0, 0.1) is 17.8 Å². The third-order valence-corrected chi connectivity index (χ3v) is 9.84. The first-order chi connectivity index (χ1) is 24.0. The Kier molecular flexibility index (Phi) is 15.4. The number of nitrogen functional groups attached to an aromatic ring is 1. The predicted molar refractivity (Wildman–Crippen MR) is 195 cm³/mol. The molecule has 10 nitrogen and oxygen atoms in total. The number of hydrogen-bond acceptors (Lipinski definition) is 10. The van der Waals surface area contributed by atoms with Crippen molar-refractivity contribution in [1.29, 1.82) is 0 Å². The SMILES string of the molecule is CC(C)CN(CC(C)C)c1ccc(CCC(=O)OCOC(=O)C2CCC(OP(=O)(OCc3ccccc3)OCc3ccccc3)CC2)cc1N. The molecule has 0 saturated heterocycles. The zero-order valence-electron chi connectivity index (χ0n) is 29.8. The number of phosphoric acid groups is 1. The largest absolute Gasteiger partial charge is 0.475 e. The Morgan fingerprint density at radius 1 is 0.780 bits per heavy atom. The van der Waals surface area contributed by atoms with Gasteiger partial charge in [0.1, 0.15) is 0 Å². The summed E-state index contributed by atoms with van der Waals surface area (Å²) in [5.41, 5.74) is 10.7. The molecule has 3 aromatic rings. The van der Waals surface area contributed by atoms with Crippen molar-refractivity contribution in [2.75, 3.05) is 30.5 Å². The quantitative estimate of drug-likeness (QED) is 0.0561. The zero-order valence-corrected chi connectivity index (χ0v) is 30.7. The fourth-order valence-electron chi connectivity index (χ4n) is 5.93. The summed E-state index contributed by atoms with van der Waals surface area (Å²) in [4.78, 5) is 27.5. The number of carbonyl (C=O) groups is 2. The predicted octanol–water partition coefficient (Wildman–Crippen LogP) is 8.48. The highest BCUT2D eigenvalue weighted by Gasteiger charge is 2.35. The van der Waals surface area contributed by atoms with Gasteiger partial charge < -0.3 is 20.1 Å². The van der Waals surface area contributed by atoms with Crippen LogP contribution in [0.3, 0.4) is 0 Å². The Morgan fingerprint density at radius 3 is 1.86 bits per heavy atom. The molecule has 2 N–H and O–H groups in total. The lowest BCUT2D eigenvalue weighted by atomic mass is 9.88. The molecule has 1 saturated carbocycles. The van der Waals surface area contributed by atoms with Crippen LogP contribution in [-0.4, -0.2) is 37.9 Å². The normalized spacial score (nSPS) is 16.4. The summed E-state index contributed by atoms with van der Waals surface area (Å²) in [6, 6.07) is 24.7. The molecule has 0 radical (unpaired) electrons. The Bertz CT molecular complexity index is 1470. The topological polar surface area (TPSA) is 127 Å². The van der Waals surface area contributed by atoms with Crippen LogP contribution in [0.25, 0.3) is 0 Å². The van der Waals surface area contributed by atoms with E-state index in [1.54, 1.807) is 0 Å². The first-order valence-corrected chi connectivity index (χ1v) is 19.1. The molecular formula is C39H53N2O8P. The standard InChI is InChI=1S/C39H53N2O8P/c1-29(2)24-41(25-30(3)4)37-21-15-31(23-36(37)40)16-22-38(42)45-28-46-39(43)34-17-19-35(20-18-34)49-50(44,47-26-32-11-7-5-8-12-32)48-27-33-13-9-6-10-14-33/h5-15,21,23,29-30,34-35H,16-20,22,24-28,40H2,1-4H3. The Balaban J connectivity index is 1.19. The summed E-state index contributed by atoms with van der Waals surface area (Å²) in [7, 11) is -3.92. The van der Waals surface area contributed by atoms with Crippen LogP contribution in [0.1, 0.15) is 76.5 Å². The van der Waals surface area contributed by atoms with Crippen molar-refractivity contribution in [3.05, 3.63) is 95.6 Å². The van der Waals surface area contributed by atoms with Gasteiger partial charge in [-0.3, -0.25) is 23.2 Å². The number of rotatable bonds is 19. The second-order valence-electron chi connectivity index (χ2n) is 13.7. The van der Waals surface area contributed by atoms with Gasteiger partial charge in [-0.05, 0) is 72.8 Å². The Labute approximate surface area is 297 Å². The van der Waals surface area contributed by atoms with Crippen molar-refractivity contribution in [1.82, 2.24) is 0 Å². The Hall–Kier alpha value is -3.69. The number of anilines is 2. The Morgan fingerprint density at radius 2 is 1.34 bits per heavy atom. The highest BCUT2D eigenvalue weighted by atomic mass is 31.2. The first-order valence-electron chi connectivity index (χ1n) is 17.6. The average molecular weight is 709 g/mol. The summed E-state index contributed by atoms with van der Waals surface area (Å²) in [6.45, 7) is 10.3. The summed E-state index contributed by atoms with van der Waals surface area (Å²) < 4.78 is 41.6. The third-order valence-electron chi connectivity index (χ3n) is 8.39. The van der Waals surface area contributed by atoms with E-state index < -0.39 is 32.7 Å². The van der Waals surface area contributed by atoms with Crippen molar-refractivity contribution in [3.8, 4) is 0 Å². The number of nitrogens with two attached hydrogens (primary N) is 1. The van der Waals surface area contributed by atoms with E-state index in [2.05, 4.69) is 32.6 Å². The van der Waals surface area contributed by atoms with Gasteiger partial charge in [-0.15, -0.1) is 0 Å². The second-order valence-corrected chi connectivity index (χ2v) is 15.3. The summed E-state index contributed by atoms with van der Waals surface area (Å²) in [5.74, 6) is -0.267. The molecule has 50 heavy (non-hydrogen) atoms. The number of phosphoric ester groups is 1. The van der Waals surface area contributed by atoms with E-state index in [1.165, 1.54) is 0 Å². The lowest BCUT2D eigenvalue weighted by molar-refractivity contribution is -0.171. The number of aryl methyl sites for hydroxylation is 1. The maximum absolute atomic E-state index is 13.7. The smallest absolute Gasteiger partial charge is 0.428 e. The highest BCUT2D eigenvalue weighted by Crippen LogP contribution is 2.53. The monoisotopic (exact) mass is 708 g/mol. The molecule has 1 aliphatic rings. The van der Waals surface area contributed by atoms with E-state index in [9.17, 15) is 14.2 Å². The average Bonchev–Trinajstić information content (AvgIpc) is 3.09. The summed E-state index contributed by atoms with van der Waals surface area (Å²) >= 11 is 0. The van der Waals surface area contributed by atoms with Gasteiger partial charge in [0.15, 0.2) is 0 Å². The second kappa shape index (κ2) is 19.6. The minimum Gasteiger partial charge on any atom is -0.428 e. The zero-order chi connectivity index (χ0) is 35.9. The molecule has 0 unspecified atom stereocenters. The van der Waals surface area contributed by atoms with Gasteiger partial charge in [0.25, 0.3) is 0 Å². The number of nitrogens with zero attached hydrogens (tertiary/aromatic N) is 1. The lowest BCUT2D eigenvalue weighted by Crippen LogP contribution is -2.31. The van der Waals surface area contributed by atoms with E-state index in [0.29, 0.717) is 49.6 Å². The first kappa shape index (κ1) is 39.1. The molecule has 4 rings (SSSR count). The molecule has 0 spiro atoms. The number of hydrogen-bond donors (Lipinski definition) is 1. The van der Waals surface area contributed by atoms with Crippen LogP contribution >= 0.6 is 7.82 Å². The van der Waals surface area contributed by atoms with E-state index in [-0.39, 0.29) is 25.6 Å². The van der Waals surface area contributed by atoms with Gasteiger partial charge in [-0.2, -0.15) is 0 Å². The van der Waals surface area contributed by atoms with Crippen LogP contribution < -0.4 is 10.6 Å². The van der Waals surface area contributed by atoms with E-state index >= 15 is 0 Å². The number of benzene rings is 3. The van der Waals surface area contributed by atoms with E-state index in [1.807, 2.05) is 78.9 Å². The van der Waals surface area contributed by atoms with Crippen LogP contribution in [0.5, 0.6) is 0 Å². The van der Waals surface area contributed by atoms with Gasteiger partial charge in [-0.1, -0.05) is 94.4 Å². The van der Waals surface area contributed by atoms with E-state index in [4.69, 9.17) is 28.8 Å². The molecule has 0 amide bonds. The number of ether oxygens (including phenoxy) is 2. The highest BCUT2D eigenvalue weighted by molar-refractivity contribution is 7.48. The third kappa shape index (κ3) is 13.2. The maximum Gasteiger partial charge on any atom is 0.475 e. The van der Waals surface area contributed by atoms with Crippen molar-refractivity contribution in [3.63, 3.8) is 0 Å². The molecule has 272 valence electrons. The van der Waals surface area contributed by atoms with Gasteiger partial charge >= 0.3 is 19.8 Å². The van der Waals surface area contributed by atoms with Crippen LogP contribution in [0.2, 0.25) is 0 Å². The summed E-state index contributed by atoms with van der Waals surface area (Å²) in [5, 5.41) is 0. The molecule has 1 aliphatic carbocycles. The number of esters is 2. The minimum atomic E-state index is -3.92. The maximum atomic E-state index is 13.7. The van der Waals surface area contributed by atoms with Gasteiger partial charge in [0.05, 0.1) is 36.6 Å². The van der Waals surface area contributed by atoms with Crippen LogP contribution in [0.15, 0.2) is 78.9 Å². The van der Waals surface area contributed by atoms with Crippen molar-refractivity contribution >= 4 is 31.1 Å². The molecule has 0 atom stereocenters. The van der Waals surface area contributed by atoms with Crippen molar-refractivity contribution in [2.45, 2.75) is 85.5 Å². The van der Waals surface area contributed by atoms with Crippen LogP contribution in [0.4, 0.5) is 11.4 Å². The van der Waals surface area contributed by atoms with E-state index in [0.717, 1.165) is 35.5 Å². The molecule has 3 aromatic carbocycles. The number of carbonyl (C=O) groups excluding carboxylic acids is 2. The van der Waals surface area contributed by atoms with Gasteiger partial charge in [0.2, 0.25) is 6.79 Å². The molecule has 0 bridgehead atoms. The molecular weight excluding hydrogens is 655 g/mol. The van der Waals surface area contributed by atoms with Crippen molar-refractivity contribution < 1.29 is 37.2 Å². The molecule has 11 heteroatoms. The molecule has 0 aliphatic heterocycles. The minimum absolute atomic E-state index is 0.0727. The molecule has 0 heterocycles. The lowest BCUT2D eigenvalue weighted by Gasteiger charge is -2.30. The molecule has 1 fully saturated rings. The summed E-state index contributed by atoms with van der Waals surface area (Å²) in [6.07, 6.45) is 2.08. The van der Waals surface area contributed by atoms with Crippen LogP contribution in [-0.2, 0) is 56.8 Å². The van der Waals surface area contributed by atoms with Crippen molar-refractivity contribution in [2.24, 2.45) is 17.8 Å². The van der Waals surface area contributed by atoms with Gasteiger partial charge in [0, 0.05) is 19.5 Å². The van der Waals surface area contributed by atoms with Gasteiger partial charge in [-0.25, -0.2) is 4.57 Å². The fourth-order valence-corrected chi connectivity index (χ4v) is 7.32. The molecule has 0 aromatic heterocycles. The fraction of sp³-hybridized carbons (Fsp3) is 0.487.